The Bertz CT molecular complexity index is 375. The van der Waals surface area contributed by atoms with Crippen molar-refractivity contribution in [2.75, 3.05) is 6.26 Å². The number of hydrogen-bond acceptors (Lipinski definition) is 2. The van der Waals surface area contributed by atoms with E-state index in [9.17, 15) is 0 Å². The van der Waals surface area contributed by atoms with E-state index in [-0.39, 0.29) is 5.41 Å². The van der Waals surface area contributed by atoms with Gasteiger partial charge in [-0.2, -0.15) is 0 Å². The average Bonchev–Trinajstić information content (AvgIpc) is 3.00. The van der Waals surface area contributed by atoms with Crippen LogP contribution in [0.5, 0.6) is 5.75 Å². The quantitative estimate of drug-likeness (QED) is 0.726. The van der Waals surface area contributed by atoms with Gasteiger partial charge in [0.2, 0.25) is 0 Å². The fourth-order valence-electron chi connectivity index (χ4n) is 1.60. The molecule has 0 spiro atoms. The first-order valence-electron chi connectivity index (χ1n) is 5.86. The predicted octanol–water partition coefficient (Wildman–Crippen LogP) is 4.25. The summed E-state index contributed by atoms with van der Waals surface area (Å²) in [5.41, 5.74) is 1.59. The third-order valence-corrected chi connectivity index (χ3v) is 3.61. The van der Waals surface area contributed by atoms with Gasteiger partial charge in [0.05, 0.1) is 6.10 Å². The van der Waals surface area contributed by atoms with E-state index in [1.165, 1.54) is 23.3 Å². The minimum atomic E-state index is 0.211. The summed E-state index contributed by atoms with van der Waals surface area (Å²) in [5.74, 6) is 1.06. The summed E-state index contributed by atoms with van der Waals surface area (Å²) in [5, 5.41) is 0. The van der Waals surface area contributed by atoms with Crippen molar-refractivity contribution in [1.29, 1.82) is 0 Å². The van der Waals surface area contributed by atoms with Crippen molar-refractivity contribution in [1.82, 2.24) is 0 Å². The van der Waals surface area contributed by atoms with Crippen LogP contribution in [0.25, 0.3) is 0 Å². The van der Waals surface area contributed by atoms with Gasteiger partial charge in [-0.25, -0.2) is 0 Å². The molecule has 1 aromatic rings. The molecular weight excluding hydrogens is 216 g/mol. The highest BCUT2D eigenvalue weighted by Crippen LogP contribution is 2.36. The van der Waals surface area contributed by atoms with Crippen molar-refractivity contribution in [2.45, 2.75) is 50.0 Å². The Balaban J connectivity index is 2.26. The van der Waals surface area contributed by atoms with E-state index >= 15 is 0 Å². The molecule has 0 aliphatic heterocycles. The lowest BCUT2D eigenvalue weighted by Gasteiger charge is -2.21. The zero-order chi connectivity index (χ0) is 11.8. The van der Waals surface area contributed by atoms with Crippen LogP contribution in [0.1, 0.15) is 39.2 Å². The molecule has 1 aliphatic rings. The molecule has 0 amide bonds. The molecule has 1 saturated carbocycles. The first-order valence-corrected chi connectivity index (χ1v) is 7.08. The van der Waals surface area contributed by atoms with Crippen LogP contribution in [0.2, 0.25) is 0 Å². The van der Waals surface area contributed by atoms with Gasteiger partial charge in [-0.1, -0.05) is 26.8 Å². The predicted molar refractivity (Wildman–Crippen MR) is 70.6 cm³/mol. The lowest BCUT2D eigenvalue weighted by Crippen LogP contribution is -2.11. The Morgan fingerprint density at radius 2 is 1.94 bits per heavy atom. The topological polar surface area (TPSA) is 9.23 Å². The largest absolute Gasteiger partial charge is 0.489 e. The fourth-order valence-corrected chi connectivity index (χ4v) is 2.16. The highest BCUT2D eigenvalue weighted by molar-refractivity contribution is 7.98. The molecule has 0 bridgehead atoms. The molecule has 0 aromatic heterocycles. The maximum Gasteiger partial charge on any atom is 0.133 e. The Labute approximate surface area is 103 Å². The summed E-state index contributed by atoms with van der Waals surface area (Å²) in [6.07, 6.45) is 5.02. The summed E-state index contributed by atoms with van der Waals surface area (Å²) in [7, 11) is 0. The molecule has 2 rings (SSSR count). The summed E-state index contributed by atoms with van der Waals surface area (Å²) < 4.78 is 5.89. The van der Waals surface area contributed by atoms with Crippen LogP contribution < -0.4 is 4.74 Å². The molecule has 0 atom stereocenters. The van der Waals surface area contributed by atoms with Gasteiger partial charge in [0, 0.05) is 4.90 Å². The first-order chi connectivity index (χ1) is 7.50. The van der Waals surface area contributed by atoms with Crippen molar-refractivity contribution in [3.05, 3.63) is 23.8 Å². The van der Waals surface area contributed by atoms with Crippen LogP contribution in [0.4, 0.5) is 0 Å². The molecule has 0 N–H and O–H groups in total. The molecule has 0 unspecified atom stereocenters. The number of ether oxygens (including phenoxy) is 1. The summed E-state index contributed by atoms with van der Waals surface area (Å²) >= 11 is 1.77. The van der Waals surface area contributed by atoms with Crippen LogP contribution in [0.3, 0.4) is 0 Å². The standard InChI is InChI=1S/C14H20OS/c1-14(2,3)10-5-8-12(13(9-10)16-4)15-11-6-7-11/h5,8-9,11H,6-7H2,1-4H3. The lowest BCUT2D eigenvalue weighted by atomic mass is 9.87. The van der Waals surface area contributed by atoms with E-state index in [4.69, 9.17) is 4.74 Å². The maximum atomic E-state index is 5.89. The number of hydrogen-bond donors (Lipinski definition) is 0. The van der Waals surface area contributed by atoms with E-state index in [0.29, 0.717) is 6.10 Å². The molecule has 1 fully saturated rings. The highest BCUT2D eigenvalue weighted by Gasteiger charge is 2.25. The van der Waals surface area contributed by atoms with Crippen LogP contribution >= 0.6 is 11.8 Å². The maximum absolute atomic E-state index is 5.89. The van der Waals surface area contributed by atoms with Crippen molar-refractivity contribution in [3.8, 4) is 5.75 Å². The summed E-state index contributed by atoms with van der Waals surface area (Å²) in [6, 6.07) is 6.59. The smallest absolute Gasteiger partial charge is 0.133 e. The molecule has 1 nitrogen and oxygen atoms in total. The molecule has 0 radical (unpaired) electrons. The van der Waals surface area contributed by atoms with Gasteiger partial charge in [0.15, 0.2) is 0 Å². The molecule has 0 heterocycles. The summed E-state index contributed by atoms with van der Waals surface area (Å²) in [6.45, 7) is 6.73. The number of rotatable bonds is 3. The molecule has 1 aromatic carbocycles. The van der Waals surface area contributed by atoms with E-state index in [2.05, 4.69) is 45.2 Å². The van der Waals surface area contributed by atoms with Crippen molar-refractivity contribution >= 4 is 11.8 Å². The Kier molecular flexibility index (Phi) is 3.20. The highest BCUT2D eigenvalue weighted by atomic mass is 32.2. The van der Waals surface area contributed by atoms with Crippen molar-refractivity contribution in [3.63, 3.8) is 0 Å². The zero-order valence-corrected chi connectivity index (χ0v) is 11.4. The van der Waals surface area contributed by atoms with Crippen LogP contribution in [0, 0.1) is 0 Å². The molecule has 0 saturated heterocycles. The van der Waals surface area contributed by atoms with Gasteiger partial charge in [-0.15, -0.1) is 11.8 Å². The van der Waals surface area contributed by atoms with Gasteiger partial charge in [-0.3, -0.25) is 0 Å². The van der Waals surface area contributed by atoms with Crippen LogP contribution in [-0.2, 0) is 5.41 Å². The Morgan fingerprint density at radius 1 is 1.25 bits per heavy atom. The minimum absolute atomic E-state index is 0.211. The Hall–Kier alpha value is -0.630. The van der Waals surface area contributed by atoms with Crippen LogP contribution in [0.15, 0.2) is 23.1 Å². The van der Waals surface area contributed by atoms with E-state index in [1.54, 1.807) is 11.8 Å². The molecular formula is C14H20OS. The SMILES string of the molecule is CSc1cc(C(C)(C)C)ccc1OC1CC1. The van der Waals surface area contributed by atoms with E-state index < -0.39 is 0 Å². The van der Waals surface area contributed by atoms with Gasteiger partial charge < -0.3 is 4.74 Å². The Morgan fingerprint density at radius 3 is 2.44 bits per heavy atom. The van der Waals surface area contributed by atoms with E-state index in [1.807, 2.05) is 0 Å². The molecule has 16 heavy (non-hydrogen) atoms. The third kappa shape index (κ3) is 2.73. The van der Waals surface area contributed by atoms with Gasteiger partial charge in [-0.05, 0) is 42.2 Å². The third-order valence-electron chi connectivity index (χ3n) is 2.85. The van der Waals surface area contributed by atoms with Gasteiger partial charge >= 0.3 is 0 Å². The molecule has 1 aliphatic carbocycles. The normalized spacial score (nSPS) is 16.2. The fraction of sp³-hybridized carbons (Fsp3) is 0.571. The van der Waals surface area contributed by atoms with E-state index in [0.717, 1.165) is 5.75 Å². The second-order valence-corrected chi connectivity index (χ2v) is 6.28. The zero-order valence-electron chi connectivity index (χ0n) is 10.5. The van der Waals surface area contributed by atoms with Gasteiger partial charge in [0.25, 0.3) is 0 Å². The second kappa shape index (κ2) is 4.33. The first kappa shape index (κ1) is 11.8. The van der Waals surface area contributed by atoms with Crippen LogP contribution in [-0.4, -0.2) is 12.4 Å². The monoisotopic (exact) mass is 236 g/mol. The number of thioether (sulfide) groups is 1. The lowest BCUT2D eigenvalue weighted by molar-refractivity contribution is 0.295. The van der Waals surface area contributed by atoms with Gasteiger partial charge in [0.1, 0.15) is 5.75 Å². The van der Waals surface area contributed by atoms with Crippen molar-refractivity contribution in [2.24, 2.45) is 0 Å². The average molecular weight is 236 g/mol. The summed E-state index contributed by atoms with van der Waals surface area (Å²) in [4.78, 5) is 1.26. The van der Waals surface area contributed by atoms with Crippen molar-refractivity contribution < 1.29 is 4.74 Å². The second-order valence-electron chi connectivity index (χ2n) is 5.43. The number of benzene rings is 1. The molecule has 88 valence electrons. The molecule has 2 heteroatoms. The minimum Gasteiger partial charge on any atom is -0.489 e.